The summed E-state index contributed by atoms with van der Waals surface area (Å²) in [6.07, 6.45) is -4.04. The van der Waals surface area contributed by atoms with Crippen LogP contribution in [-0.4, -0.2) is 74.2 Å². The zero-order valence-corrected chi connectivity index (χ0v) is 20.9. The summed E-state index contributed by atoms with van der Waals surface area (Å²) in [4.78, 5) is 52.1. The molecule has 0 saturated carbocycles. The van der Waals surface area contributed by atoms with E-state index in [1.807, 2.05) is 0 Å². The monoisotopic (exact) mass is 515 g/mol. The Kier molecular flexibility index (Phi) is 9.90. The van der Waals surface area contributed by atoms with Crippen LogP contribution in [0.3, 0.4) is 0 Å². The van der Waals surface area contributed by atoms with Crippen LogP contribution in [0.15, 0.2) is 11.0 Å². The van der Waals surface area contributed by atoms with Crippen molar-refractivity contribution in [3.8, 4) is 0 Å². The fourth-order valence-corrected chi connectivity index (χ4v) is 3.43. The van der Waals surface area contributed by atoms with Crippen LogP contribution in [-0.2, 0) is 19.1 Å². The lowest BCUT2D eigenvalue weighted by Crippen LogP contribution is -2.46. The van der Waals surface area contributed by atoms with E-state index in [1.165, 1.54) is 13.8 Å². The van der Waals surface area contributed by atoms with Gasteiger partial charge in [-0.15, -0.1) is 0 Å². The summed E-state index contributed by atoms with van der Waals surface area (Å²) in [6, 6.07) is -1.16. The number of aromatic nitrogens is 2. The quantitative estimate of drug-likeness (QED) is 0.286. The lowest BCUT2D eigenvalue weighted by atomic mass is 10.1. The van der Waals surface area contributed by atoms with E-state index in [0.29, 0.717) is 30.2 Å². The number of unbranched alkanes of at least 4 members (excludes halogenated alkanes) is 1. The Bertz CT molecular complexity index is 1010. The minimum atomic E-state index is -1.49. The molecule has 36 heavy (non-hydrogen) atoms. The van der Waals surface area contributed by atoms with Crippen LogP contribution < -0.4 is 21.6 Å². The number of halogens is 1. The van der Waals surface area contributed by atoms with Crippen LogP contribution in [0.25, 0.3) is 0 Å². The topological polar surface area (TPSA) is 181 Å². The van der Waals surface area contributed by atoms with Crippen LogP contribution in [0.2, 0.25) is 0 Å². The summed E-state index contributed by atoms with van der Waals surface area (Å²) in [7, 11) is 0. The zero-order chi connectivity index (χ0) is 27.2. The summed E-state index contributed by atoms with van der Waals surface area (Å²) in [5.74, 6) is -2.83. The number of hydrogen-bond acceptors (Lipinski definition) is 9. The molecule has 0 aliphatic carbocycles. The molecule has 1 aromatic rings. The van der Waals surface area contributed by atoms with Gasteiger partial charge in [-0.25, -0.2) is 14.0 Å². The molecular weight excluding hydrogens is 481 g/mol. The molecule has 0 spiro atoms. The number of amides is 3. The number of ether oxygens (including phenoxy) is 2. The first-order valence-corrected chi connectivity index (χ1v) is 11.5. The fourth-order valence-electron chi connectivity index (χ4n) is 3.43. The second kappa shape index (κ2) is 12.2. The van der Waals surface area contributed by atoms with Crippen molar-refractivity contribution in [2.24, 2.45) is 0 Å². The zero-order valence-electron chi connectivity index (χ0n) is 20.9. The van der Waals surface area contributed by atoms with E-state index in [-0.39, 0.29) is 12.3 Å². The standard InChI is InChI=1S/C22H34FN5O8/c1-11-15(30)16(31)19(35-11)28-10-13(23)17(27-20(28)33)26-18(32)14(8-6-7-9-24-12(2)29)25-21(34)36-22(3,4)5/h10-11,14-16,19,30-31H,6-9H2,1-5H3,(H,24,29)(H,25,34)(H,26,27,32,33)/t11-,14?,15?,16?,19-/m1/s1. The number of hydrogen-bond donors (Lipinski definition) is 5. The molecule has 1 aliphatic heterocycles. The van der Waals surface area contributed by atoms with E-state index in [9.17, 15) is 33.8 Å². The SMILES string of the molecule is CC(=O)NCCCCC(NC(=O)OC(C)(C)C)C(=O)Nc1nc(=O)n([C@@H]2O[C@H](C)C(O)C2O)cc1F. The van der Waals surface area contributed by atoms with E-state index in [2.05, 4.69) is 20.9 Å². The van der Waals surface area contributed by atoms with Crippen LogP contribution in [0.1, 0.15) is 60.1 Å². The van der Waals surface area contributed by atoms with Gasteiger partial charge in [0.1, 0.15) is 23.9 Å². The summed E-state index contributed by atoms with van der Waals surface area (Å²) in [5, 5.41) is 27.1. The number of rotatable bonds is 9. The van der Waals surface area contributed by atoms with E-state index < -0.39 is 65.5 Å². The Balaban J connectivity index is 2.15. The highest BCUT2D eigenvalue weighted by molar-refractivity contribution is 5.95. The molecule has 1 saturated heterocycles. The average molecular weight is 516 g/mol. The maximum atomic E-state index is 14.8. The molecule has 5 N–H and O–H groups in total. The smallest absolute Gasteiger partial charge is 0.408 e. The number of carbonyl (C=O) groups excluding carboxylic acids is 3. The molecular formula is C22H34FN5O8. The molecule has 14 heteroatoms. The highest BCUT2D eigenvalue weighted by atomic mass is 19.1. The normalized spacial score (nSPS) is 22.6. The Labute approximate surface area is 207 Å². The summed E-state index contributed by atoms with van der Waals surface area (Å²) >= 11 is 0. The molecule has 2 heterocycles. The minimum Gasteiger partial charge on any atom is -0.444 e. The highest BCUT2D eigenvalue weighted by Gasteiger charge is 2.42. The highest BCUT2D eigenvalue weighted by Crippen LogP contribution is 2.28. The Morgan fingerprint density at radius 3 is 2.47 bits per heavy atom. The minimum absolute atomic E-state index is 0.126. The molecule has 0 radical (unpaired) electrons. The first-order valence-electron chi connectivity index (χ1n) is 11.5. The van der Waals surface area contributed by atoms with Gasteiger partial charge < -0.3 is 35.6 Å². The number of anilines is 1. The van der Waals surface area contributed by atoms with Crippen LogP contribution in [0.5, 0.6) is 0 Å². The third-order valence-corrected chi connectivity index (χ3v) is 5.20. The second-order valence-electron chi connectivity index (χ2n) is 9.51. The lowest BCUT2D eigenvalue weighted by molar-refractivity contribution is -0.119. The van der Waals surface area contributed by atoms with Gasteiger partial charge in [-0.05, 0) is 47.0 Å². The molecule has 1 aliphatic rings. The van der Waals surface area contributed by atoms with Gasteiger partial charge >= 0.3 is 11.8 Å². The molecule has 5 atom stereocenters. The fraction of sp³-hybridized carbons (Fsp3) is 0.682. The van der Waals surface area contributed by atoms with Crippen molar-refractivity contribution >= 4 is 23.7 Å². The summed E-state index contributed by atoms with van der Waals surface area (Å²) in [6.45, 7) is 8.16. The van der Waals surface area contributed by atoms with E-state index in [4.69, 9.17) is 9.47 Å². The molecule has 0 aromatic carbocycles. The number of alkyl carbamates (subject to hydrolysis) is 1. The van der Waals surface area contributed by atoms with Crippen LogP contribution in [0, 0.1) is 5.82 Å². The van der Waals surface area contributed by atoms with Gasteiger partial charge in [0.15, 0.2) is 17.9 Å². The third-order valence-electron chi connectivity index (χ3n) is 5.20. The van der Waals surface area contributed by atoms with Gasteiger partial charge in [-0.2, -0.15) is 4.98 Å². The molecule has 3 amide bonds. The van der Waals surface area contributed by atoms with Gasteiger partial charge in [-0.3, -0.25) is 14.2 Å². The summed E-state index contributed by atoms with van der Waals surface area (Å²) in [5.41, 5.74) is -1.86. The largest absolute Gasteiger partial charge is 0.444 e. The van der Waals surface area contributed by atoms with E-state index in [0.717, 1.165) is 0 Å². The molecule has 1 aromatic heterocycles. The molecule has 1 fully saturated rings. The second-order valence-corrected chi connectivity index (χ2v) is 9.51. The predicted octanol–water partition coefficient (Wildman–Crippen LogP) is 0.160. The number of aliphatic hydroxyl groups excluding tert-OH is 2. The summed E-state index contributed by atoms with van der Waals surface area (Å²) < 4.78 is 25.9. The van der Waals surface area contributed by atoms with Gasteiger partial charge in [0.25, 0.3) is 0 Å². The Morgan fingerprint density at radius 2 is 1.92 bits per heavy atom. The number of aliphatic hydroxyl groups is 2. The number of nitrogens with one attached hydrogen (secondary N) is 3. The van der Waals surface area contributed by atoms with Gasteiger partial charge in [-0.1, -0.05) is 0 Å². The predicted molar refractivity (Wildman–Crippen MR) is 124 cm³/mol. The van der Waals surface area contributed by atoms with Gasteiger partial charge in [0, 0.05) is 13.5 Å². The maximum Gasteiger partial charge on any atom is 0.408 e. The first-order chi connectivity index (χ1) is 16.7. The number of carbonyl (C=O) groups is 3. The van der Waals surface area contributed by atoms with Crippen molar-refractivity contribution in [1.29, 1.82) is 0 Å². The Hall–Kier alpha value is -3.10. The molecule has 2 rings (SSSR count). The van der Waals surface area contributed by atoms with Crippen molar-refractivity contribution in [1.82, 2.24) is 20.2 Å². The lowest BCUT2D eigenvalue weighted by Gasteiger charge is -2.23. The van der Waals surface area contributed by atoms with Crippen molar-refractivity contribution in [2.75, 3.05) is 11.9 Å². The third kappa shape index (κ3) is 8.24. The van der Waals surface area contributed by atoms with E-state index >= 15 is 0 Å². The number of nitrogens with zero attached hydrogens (tertiary/aromatic N) is 2. The van der Waals surface area contributed by atoms with Gasteiger partial charge in [0.2, 0.25) is 11.8 Å². The first kappa shape index (κ1) is 29.1. The maximum absolute atomic E-state index is 14.8. The van der Waals surface area contributed by atoms with Crippen molar-refractivity contribution in [3.63, 3.8) is 0 Å². The molecule has 13 nitrogen and oxygen atoms in total. The van der Waals surface area contributed by atoms with Crippen LogP contribution >= 0.6 is 0 Å². The van der Waals surface area contributed by atoms with E-state index in [1.54, 1.807) is 20.8 Å². The Morgan fingerprint density at radius 1 is 1.25 bits per heavy atom. The van der Waals surface area contributed by atoms with Crippen molar-refractivity contribution < 1.29 is 38.5 Å². The van der Waals surface area contributed by atoms with Crippen molar-refractivity contribution in [2.45, 2.75) is 90.1 Å². The van der Waals surface area contributed by atoms with Crippen LogP contribution in [0.4, 0.5) is 15.0 Å². The molecule has 3 unspecified atom stereocenters. The molecule has 202 valence electrons. The van der Waals surface area contributed by atoms with Gasteiger partial charge in [0.05, 0.1) is 12.3 Å². The van der Waals surface area contributed by atoms with Crippen molar-refractivity contribution in [3.05, 3.63) is 22.5 Å². The average Bonchev–Trinajstić information content (AvgIpc) is 3.00. The molecule has 0 bridgehead atoms.